The van der Waals surface area contributed by atoms with Gasteiger partial charge in [0.25, 0.3) is 5.91 Å². The summed E-state index contributed by atoms with van der Waals surface area (Å²) in [4.78, 5) is 42.6. The summed E-state index contributed by atoms with van der Waals surface area (Å²) in [5.74, 6) is 0.100. The molecule has 0 spiro atoms. The molecule has 0 aromatic heterocycles. The Kier molecular flexibility index (Phi) is 8.03. The predicted octanol–water partition coefficient (Wildman–Crippen LogP) is 7.79. The van der Waals surface area contributed by atoms with Crippen LogP contribution >= 0.6 is 15.9 Å². The fourth-order valence-corrected chi connectivity index (χ4v) is 7.30. The molecular weight excluding hydrogens is 592 g/mol. The van der Waals surface area contributed by atoms with E-state index >= 15 is 0 Å². The zero-order valence-corrected chi connectivity index (χ0v) is 27.3. The Bertz CT molecular complexity index is 1490. The number of aryl methyl sites for hydroxylation is 1. The molecule has 0 saturated heterocycles. The fraction of sp³-hybridized carbons (Fsp3) is 0.457. The van der Waals surface area contributed by atoms with Gasteiger partial charge in [0.15, 0.2) is 18.2 Å². The van der Waals surface area contributed by atoms with E-state index in [2.05, 4.69) is 60.8 Å². The molecule has 1 amide bonds. The van der Waals surface area contributed by atoms with Crippen molar-refractivity contribution in [2.24, 2.45) is 10.8 Å². The molecule has 0 atom stereocenters. The molecule has 5 rings (SSSR count). The summed E-state index contributed by atoms with van der Waals surface area (Å²) < 4.78 is 6.58. The Morgan fingerprint density at radius 2 is 1.55 bits per heavy atom. The van der Waals surface area contributed by atoms with Crippen molar-refractivity contribution in [3.8, 4) is 5.75 Å². The third-order valence-corrected chi connectivity index (χ3v) is 9.48. The van der Waals surface area contributed by atoms with E-state index in [9.17, 15) is 14.4 Å². The van der Waals surface area contributed by atoms with Crippen LogP contribution in [0.2, 0.25) is 0 Å². The van der Waals surface area contributed by atoms with Gasteiger partial charge < -0.3 is 15.0 Å². The average Bonchev–Trinajstić information content (AvgIpc) is 2.88. The maximum Gasteiger partial charge on any atom is 0.262 e. The van der Waals surface area contributed by atoms with E-state index in [0.29, 0.717) is 23.1 Å². The smallest absolute Gasteiger partial charge is 0.262 e. The van der Waals surface area contributed by atoms with E-state index < -0.39 is 5.92 Å². The minimum atomic E-state index is -0.414. The molecular formula is C35H41BrN2O4. The van der Waals surface area contributed by atoms with Crippen LogP contribution in [0.1, 0.15) is 82.9 Å². The molecule has 1 N–H and O–H groups in total. The molecule has 2 aliphatic carbocycles. The summed E-state index contributed by atoms with van der Waals surface area (Å²) in [6, 6.07) is 11.5. The SMILES string of the molecule is CCN1C2=C(C(=O)CC(C)(C)C2)C(c2ccc(OCC(=O)Nc3cccc(C)c3C)c(Br)c2)C2=C1CC(C)(C)CC2=O. The first kappa shape index (κ1) is 30.3. The molecule has 3 aliphatic rings. The van der Waals surface area contributed by atoms with Crippen LogP contribution in [0.5, 0.6) is 5.75 Å². The van der Waals surface area contributed by atoms with Crippen LogP contribution in [0.3, 0.4) is 0 Å². The largest absolute Gasteiger partial charge is 0.483 e. The maximum atomic E-state index is 13.8. The van der Waals surface area contributed by atoms with E-state index in [1.165, 1.54) is 0 Å². The number of benzene rings is 2. The fourth-order valence-electron chi connectivity index (χ4n) is 6.79. The molecule has 6 nitrogen and oxygen atoms in total. The highest BCUT2D eigenvalue weighted by Crippen LogP contribution is 2.54. The summed E-state index contributed by atoms with van der Waals surface area (Å²) >= 11 is 3.65. The van der Waals surface area contributed by atoms with Crippen molar-refractivity contribution in [3.05, 3.63) is 80.1 Å². The van der Waals surface area contributed by atoms with E-state index in [-0.39, 0.29) is 34.9 Å². The van der Waals surface area contributed by atoms with Crippen LogP contribution in [0.4, 0.5) is 5.69 Å². The Hall–Kier alpha value is -3.19. The number of amides is 1. The number of Topliss-reactive ketones (excluding diaryl/α,β-unsaturated/α-hetero) is 2. The summed E-state index contributed by atoms with van der Waals surface area (Å²) in [5.41, 5.74) is 7.14. The minimum Gasteiger partial charge on any atom is -0.483 e. The van der Waals surface area contributed by atoms with Gasteiger partial charge in [0.05, 0.1) is 4.47 Å². The van der Waals surface area contributed by atoms with Gasteiger partial charge in [-0.25, -0.2) is 0 Å². The number of carbonyl (C=O) groups excluding carboxylic acids is 3. The summed E-state index contributed by atoms with van der Waals surface area (Å²) in [6.07, 6.45) is 2.50. The number of carbonyl (C=O) groups is 3. The van der Waals surface area contributed by atoms with Crippen molar-refractivity contribution in [1.29, 1.82) is 0 Å². The van der Waals surface area contributed by atoms with Gasteiger partial charge in [-0.05, 0) is 95.3 Å². The lowest BCUT2D eigenvalue weighted by molar-refractivity contribution is -0.120. The Morgan fingerprint density at radius 1 is 0.952 bits per heavy atom. The number of nitrogens with one attached hydrogen (secondary N) is 1. The average molecular weight is 634 g/mol. The Balaban J connectivity index is 1.48. The third-order valence-electron chi connectivity index (χ3n) is 8.86. The maximum absolute atomic E-state index is 13.8. The number of nitrogens with zero attached hydrogens (tertiary/aromatic N) is 1. The second-order valence-corrected chi connectivity index (χ2v) is 14.4. The van der Waals surface area contributed by atoms with Crippen LogP contribution < -0.4 is 10.1 Å². The van der Waals surface area contributed by atoms with Crippen LogP contribution in [-0.2, 0) is 14.4 Å². The number of ketones is 2. The molecule has 42 heavy (non-hydrogen) atoms. The molecule has 0 fully saturated rings. The van der Waals surface area contributed by atoms with E-state index in [0.717, 1.165) is 64.3 Å². The number of allylic oxidation sites excluding steroid dienone is 4. The first-order valence-electron chi connectivity index (χ1n) is 14.8. The van der Waals surface area contributed by atoms with Crippen LogP contribution in [0, 0.1) is 24.7 Å². The lowest BCUT2D eigenvalue weighted by atomic mass is 9.63. The van der Waals surface area contributed by atoms with Crippen molar-refractivity contribution < 1.29 is 19.1 Å². The topological polar surface area (TPSA) is 75.7 Å². The Morgan fingerprint density at radius 3 is 2.10 bits per heavy atom. The molecule has 0 bridgehead atoms. The molecule has 1 heterocycles. The van der Waals surface area contributed by atoms with Crippen molar-refractivity contribution in [1.82, 2.24) is 4.90 Å². The molecule has 1 aliphatic heterocycles. The molecule has 222 valence electrons. The number of halogens is 1. The molecule has 2 aromatic rings. The van der Waals surface area contributed by atoms with Gasteiger partial charge in [-0.15, -0.1) is 0 Å². The van der Waals surface area contributed by atoms with Gasteiger partial charge in [-0.3, -0.25) is 14.4 Å². The lowest BCUT2D eigenvalue weighted by Crippen LogP contribution is -2.44. The van der Waals surface area contributed by atoms with Gasteiger partial charge in [0.2, 0.25) is 0 Å². The summed E-state index contributed by atoms with van der Waals surface area (Å²) in [5, 5.41) is 2.93. The Labute approximate surface area is 257 Å². The van der Waals surface area contributed by atoms with Crippen molar-refractivity contribution >= 4 is 39.1 Å². The molecule has 0 radical (unpaired) electrons. The zero-order chi connectivity index (χ0) is 30.6. The van der Waals surface area contributed by atoms with Crippen molar-refractivity contribution in [2.45, 2.75) is 80.1 Å². The standard InChI is InChI=1S/C35H41BrN2O4/c1-8-38-25-15-34(4,5)17-27(39)32(25)31(33-26(38)16-35(6,7)18-28(33)40)22-12-13-29(23(36)14-22)42-19-30(41)37-24-11-9-10-20(2)21(24)3/h9-14,31H,8,15-19H2,1-7H3,(H,37,41). The molecule has 7 heteroatoms. The monoisotopic (exact) mass is 632 g/mol. The molecule has 0 saturated carbocycles. The number of ether oxygens (including phenoxy) is 1. The highest BCUT2D eigenvalue weighted by molar-refractivity contribution is 9.10. The van der Waals surface area contributed by atoms with Crippen molar-refractivity contribution in [2.75, 3.05) is 18.5 Å². The van der Waals surface area contributed by atoms with Crippen LogP contribution in [0.25, 0.3) is 0 Å². The second kappa shape index (κ2) is 11.1. The summed E-state index contributed by atoms with van der Waals surface area (Å²) in [7, 11) is 0. The number of hydrogen-bond acceptors (Lipinski definition) is 5. The van der Waals surface area contributed by atoms with Gasteiger partial charge in [-0.2, -0.15) is 0 Å². The number of hydrogen-bond donors (Lipinski definition) is 1. The first-order valence-corrected chi connectivity index (χ1v) is 15.6. The summed E-state index contributed by atoms with van der Waals surface area (Å²) in [6.45, 7) is 15.3. The highest BCUT2D eigenvalue weighted by atomic mass is 79.9. The lowest BCUT2D eigenvalue weighted by Gasteiger charge is -2.48. The zero-order valence-electron chi connectivity index (χ0n) is 25.7. The predicted molar refractivity (Wildman–Crippen MR) is 169 cm³/mol. The molecule has 2 aromatic carbocycles. The first-order chi connectivity index (χ1) is 19.7. The normalized spacial score (nSPS) is 20.0. The van der Waals surface area contributed by atoms with Crippen LogP contribution in [-0.4, -0.2) is 35.5 Å². The van der Waals surface area contributed by atoms with Gasteiger partial charge >= 0.3 is 0 Å². The van der Waals surface area contributed by atoms with E-state index in [1.54, 1.807) is 0 Å². The van der Waals surface area contributed by atoms with E-state index in [4.69, 9.17) is 4.74 Å². The van der Waals surface area contributed by atoms with E-state index in [1.807, 2.05) is 50.2 Å². The number of anilines is 1. The minimum absolute atomic E-state index is 0.119. The number of rotatable bonds is 6. The van der Waals surface area contributed by atoms with Gasteiger partial charge in [0.1, 0.15) is 5.75 Å². The second-order valence-electron chi connectivity index (χ2n) is 13.6. The quantitative estimate of drug-likeness (QED) is 0.352. The molecule has 0 unspecified atom stereocenters. The van der Waals surface area contributed by atoms with Crippen LogP contribution in [0.15, 0.2) is 63.4 Å². The van der Waals surface area contributed by atoms with Gasteiger partial charge in [-0.1, -0.05) is 45.9 Å². The van der Waals surface area contributed by atoms with Crippen molar-refractivity contribution in [3.63, 3.8) is 0 Å². The third kappa shape index (κ3) is 5.72. The van der Waals surface area contributed by atoms with Gasteiger partial charge in [0, 0.05) is 53.5 Å². The highest BCUT2D eigenvalue weighted by Gasteiger charge is 2.48.